The Labute approximate surface area is 80.4 Å². The van der Waals surface area contributed by atoms with Gasteiger partial charge >= 0.3 is 4.87 Å². The molecule has 72 valence electrons. The van der Waals surface area contributed by atoms with E-state index >= 15 is 0 Å². The third-order valence-electron chi connectivity index (χ3n) is 1.90. The summed E-state index contributed by atoms with van der Waals surface area (Å²) in [5, 5.41) is 0. The summed E-state index contributed by atoms with van der Waals surface area (Å²) in [6, 6.07) is 0. The summed E-state index contributed by atoms with van der Waals surface area (Å²) in [5.74, 6) is -0.111. The first-order valence-electron chi connectivity index (χ1n) is 3.83. The highest BCUT2D eigenvalue weighted by Crippen LogP contribution is 2.11. The van der Waals surface area contributed by atoms with Crippen LogP contribution in [0.4, 0.5) is 0 Å². The second-order valence-corrected chi connectivity index (χ2v) is 4.00. The minimum atomic E-state index is -0.111. The normalized spacial score (nSPS) is 10.2. The number of carbonyl (C=O) groups excluding carboxylic acids is 1. The fraction of sp³-hybridized carbons (Fsp3) is 0.500. The summed E-state index contributed by atoms with van der Waals surface area (Å²) in [7, 11) is 5.01. The zero-order valence-electron chi connectivity index (χ0n) is 8.12. The van der Waals surface area contributed by atoms with Crippen LogP contribution in [-0.2, 0) is 7.05 Å². The van der Waals surface area contributed by atoms with Crippen molar-refractivity contribution in [1.82, 2.24) is 9.47 Å². The number of hydrogen-bond donors (Lipinski definition) is 0. The van der Waals surface area contributed by atoms with Crippen LogP contribution >= 0.6 is 11.3 Å². The molecule has 0 saturated carbocycles. The molecule has 0 bridgehead atoms. The number of amides is 1. The van der Waals surface area contributed by atoms with Gasteiger partial charge in [-0.05, 0) is 6.92 Å². The van der Waals surface area contributed by atoms with E-state index in [-0.39, 0.29) is 10.8 Å². The van der Waals surface area contributed by atoms with Crippen molar-refractivity contribution in [2.75, 3.05) is 14.1 Å². The molecule has 1 aromatic rings. The van der Waals surface area contributed by atoms with Gasteiger partial charge in [-0.15, -0.1) is 0 Å². The summed E-state index contributed by atoms with van der Waals surface area (Å²) >= 11 is 0.994. The van der Waals surface area contributed by atoms with E-state index in [4.69, 9.17) is 0 Å². The predicted octanol–water partition coefficient (Wildman–Crippen LogP) is 0.457. The van der Waals surface area contributed by atoms with E-state index in [2.05, 4.69) is 0 Å². The molecule has 0 unspecified atom stereocenters. The first kappa shape index (κ1) is 9.98. The van der Waals surface area contributed by atoms with E-state index < -0.39 is 0 Å². The summed E-state index contributed by atoms with van der Waals surface area (Å²) in [4.78, 5) is 24.6. The Morgan fingerprint density at radius 1 is 1.46 bits per heavy atom. The molecule has 0 N–H and O–H groups in total. The lowest BCUT2D eigenvalue weighted by molar-refractivity contribution is 0.0831. The molecule has 1 aromatic heterocycles. The third kappa shape index (κ3) is 1.65. The first-order valence-corrected chi connectivity index (χ1v) is 4.65. The molecule has 0 atom stereocenters. The zero-order chi connectivity index (χ0) is 10.2. The van der Waals surface area contributed by atoms with Gasteiger partial charge in [0.1, 0.15) is 4.88 Å². The molecule has 0 aliphatic heterocycles. The maximum Gasteiger partial charge on any atom is 0.307 e. The van der Waals surface area contributed by atoms with Crippen LogP contribution in [0.1, 0.15) is 15.4 Å². The van der Waals surface area contributed by atoms with E-state index in [1.54, 1.807) is 28.1 Å². The van der Waals surface area contributed by atoms with Crippen molar-refractivity contribution in [3.63, 3.8) is 0 Å². The van der Waals surface area contributed by atoms with Gasteiger partial charge < -0.3 is 9.47 Å². The van der Waals surface area contributed by atoms with Crippen LogP contribution < -0.4 is 4.87 Å². The van der Waals surface area contributed by atoms with Gasteiger partial charge in [-0.1, -0.05) is 11.3 Å². The lowest BCUT2D eigenvalue weighted by Crippen LogP contribution is -2.21. The van der Waals surface area contributed by atoms with Crippen LogP contribution in [0.2, 0.25) is 0 Å². The molecule has 0 saturated heterocycles. The summed E-state index contributed by atoms with van der Waals surface area (Å²) in [5.41, 5.74) is 0.730. The molecule has 0 aromatic carbocycles. The van der Waals surface area contributed by atoms with Gasteiger partial charge in [0.25, 0.3) is 5.91 Å². The molecule has 0 fully saturated rings. The monoisotopic (exact) mass is 200 g/mol. The Morgan fingerprint density at radius 3 is 2.31 bits per heavy atom. The lowest BCUT2D eigenvalue weighted by Gasteiger charge is -2.08. The van der Waals surface area contributed by atoms with Crippen molar-refractivity contribution < 1.29 is 4.79 Å². The quantitative estimate of drug-likeness (QED) is 0.661. The minimum absolute atomic E-state index is 0.0947. The fourth-order valence-electron chi connectivity index (χ4n) is 0.920. The van der Waals surface area contributed by atoms with Crippen molar-refractivity contribution in [3.05, 3.63) is 20.2 Å². The molecule has 0 spiro atoms. The van der Waals surface area contributed by atoms with Gasteiger partial charge in [0.2, 0.25) is 0 Å². The maximum atomic E-state index is 11.5. The highest BCUT2D eigenvalue weighted by Gasteiger charge is 2.16. The van der Waals surface area contributed by atoms with Gasteiger partial charge in [0, 0.05) is 26.8 Å². The van der Waals surface area contributed by atoms with Crippen LogP contribution in [0.15, 0.2) is 4.79 Å². The van der Waals surface area contributed by atoms with Crippen molar-refractivity contribution in [1.29, 1.82) is 0 Å². The predicted molar refractivity (Wildman–Crippen MR) is 52.3 cm³/mol. The molecule has 1 heterocycles. The smallest absolute Gasteiger partial charge is 0.307 e. The van der Waals surface area contributed by atoms with Crippen LogP contribution in [0, 0.1) is 6.92 Å². The van der Waals surface area contributed by atoms with Crippen molar-refractivity contribution in [2.45, 2.75) is 6.92 Å². The Kier molecular flexibility index (Phi) is 2.56. The van der Waals surface area contributed by atoms with Gasteiger partial charge in [0.15, 0.2) is 0 Å². The molecule has 1 amide bonds. The van der Waals surface area contributed by atoms with Crippen LogP contribution in [0.25, 0.3) is 0 Å². The highest BCUT2D eigenvalue weighted by molar-refractivity contribution is 7.11. The summed E-state index contributed by atoms with van der Waals surface area (Å²) < 4.78 is 1.49. The summed E-state index contributed by atoms with van der Waals surface area (Å²) in [6.07, 6.45) is 0. The molecular formula is C8H12N2O2S. The van der Waals surface area contributed by atoms with E-state index in [0.29, 0.717) is 4.88 Å². The molecule has 1 rings (SSSR count). The minimum Gasteiger partial charge on any atom is -0.344 e. The van der Waals surface area contributed by atoms with Gasteiger partial charge in [-0.3, -0.25) is 9.59 Å². The van der Waals surface area contributed by atoms with Gasteiger partial charge in [0.05, 0.1) is 0 Å². The standard InChI is InChI=1S/C8H12N2O2S/c1-5-6(7(11)9(2)3)13-8(12)10(5)4/h1-4H3. The number of hydrogen-bond acceptors (Lipinski definition) is 3. The number of aromatic nitrogens is 1. The molecular weight excluding hydrogens is 188 g/mol. The van der Waals surface area contributed by atoms with Crippen molar-refractivity contribution in [2.24, 2.45) is 7.05 Å². The highest BCUT2D eigenvalue weighted by atomic mass is 32.1. The van der Waals surface area contributed by atoms with Crippen LogP contribution in [0.3, 0.4) is 0 Å². The molecule has 0 radical (unpaired) electrons. The maximum absolute atomic E-state index is 11.5. The van der Waals surface area contributed by atoms with Gasteiger partial charge in [-0.25, -0.2) is 0 Å². The largest absolute Gasteiger partial charge is 0.344 e. The van der Waals surface area contributed by atoms with E-state index in [9.17, 15) is 9.59 Å². The molecule has 4 nitrogen and oxygen atoms in total. The number of rotatable bonds is 1. The number of thiazole rings is 1. The summed E-state index contributed by atoms with van der Waals surface area (Å²) in [6.45, 7) is 1.77. The average Bonchev–Trinajstić information content (AvgIpc) is 2.31. The van der Waals surface area contributed by atoms with Gasteiger partial charge in [-0.2, -0.15) is 0 Å². The lowest BCUT2D eigenvalue weighted by atomic mass is 10.3. The van der Waals surface area contributed by atoms with Crippen LogP contribution in [-0.4, -0.2) is 29.5 Å². The fourth-order valence-corrected chi connectivity index (χ4v) is 1.92. The van der Waals surface area contributed by atoms with E-state index in [1.807, 2.05) is 0 Å². The molecule has 0 aliphatic carbocycles. The Hall–Kier alpha value is -1.10. The molecule has 0 aliphatic rings. The topological polar surface area (TPSA) is 42.3 Å². The Morgan fingerprint density at radius 2 is 2.00 bits per heavy atom. The number of nitrogens with zero attached hydrogens (tertiary/aromatic N) is 2. The SMILES string of the molecule is Cc1c(C(=O)N(C)C)sc(=O)n1C. The first-order chi connectivity index (χ1) is 5.95. The van der Waals surface area contributed by atoms with Crippen LogP contribution in [0.5, 0.6) is 0 Å². The second kappa shape index (κ2) is 3.33. The van der Waals surface area contributed by atoms with Crippen molar-refractivity contribution in [3.8, 4) is 0 Å². The molecule has 13 heavy (non-hydrogen) atoms. The Bertz CT molecular complexity index is 389. The van der Waals surface area contributed by atoms with Crippen molar-refractivity contribution >= 4 is 17.2 Å². The Balaban J connectivity index is 3.24. The number of carbonyl (C=O) groups is 1. The second-order valence-electron chi connectivity index (χ2n) is 3.04. The van der Waals surface area contributed by atoms with E-state index in [0.717, 1.165) is 17.0 Å². The molecule has 5 heteroatoms. The third-order valence-corrected chi connectivity index (χ3v) is 3.02. The zero-order valence-corrected chi connectivity index (χ0v) is 8.94. The average molecular weight is 200 g/mol. The van der Waals surface area contributed by atoms with E-state index in [1.165, 1.54) is 9.47 Å².